The maximum Gasteiger partial charge on any atom is 0.116 e. The largest absolute Gasteiger partial charge is 0.508 e. The molecule has 2 aliphatic heterocycles. The molecule has 0 amide bonds. The Morgan fingerprint density at radius 3 is 2.21 bits per heavy atom. The maximum absolute atomic E-state index is 10.0. The molecule has 0 saturated carbocycles. The van der Waals surface area contributed by atoms with E-state index in [2.05, 4.69) is 90.0 Å². The van der Waals surface area contributed by atoms with Crippen molar-refractivity contribution in [3.05, 3.63) is 125 Å². The molecule has 0 atom stereocenters. The number of phenols is 1. The topological polar surface area (TPSA) is 39.1 Å². The molecule has 172 valence electrons. The van der Waals surface area contributed by atoms with Crippen molar-refractivity contribution >= 4 is 5.84 Å². The predicted octanol–water partition coefficient (Wildman–Crippen LogP) is 6.20. The zero-order valence-electron chi connectivity index (χ0n) is 19.9. The van der Waals surface area contributed by atoms with Crippen molar-refractivity contribution < 1.29 is 5.11 Å². The number of hydrogen-bond donors (Lipinski definition) is 1. The fourth-order valence-electron chi connectivity index (χ4n) is 5.21. The molecule has 0 bridgehead atoms. The molecule has 34 heavy (non-hydrogen) atoms. The predicted molar refractivity (Wildman–Crippen MR) is 139 cm³/mol. The highest BCUT2D eigenvalue weighted by molar-refractivity contribution is 5.86. The fraction of sp³-hybridized carbons (Fsp3) is 0.233. The van der Waals surface area contributed by atoms with Crippen LogP contribution in [-0.4, -0.2) is 33.8 Å². The van der Waals surface area contributed by atoms with Crippen molar-refractivity contribution in [1.82, 2.24) is 9.80 Å². The Balaban J connectivity index is 1.46. The smallest absolute Gasteiger partial charge is 0.116 e. The fourth-order valence-corrected chi connectivity index (χ4v) is 5.21. The third kappa shape index (κ3) is 4.42. The van der Waals surface area contributed by atoms with E-state index in [1.165, 1.54) is 16.7 Å². The number of hydrogen-bond acceptors (Lipinski definition) is 4. The van der Waals surface area contributed by atoms with Crippen LogP contribution in [0, 0.1) is 6.92 Å². The van der Waals surface area contributed by atoms with Gasteiger partial charge >= 0.3 is 0 Å². The highest BCUT2D eigenvalue weighted by atomic mass is 16.3. The van der Waals surface area contributed by atoms with E-state index in [9.17, 15) is 5.11 Å². The van der Waals surface area contributed by atoms with E-state index in [1.807, 2.05) is 13.0 Å². The molecule has 0 radical (unpaired) electrons. The van der Waals surface area contributed by atoms with Gasteiger partial charge in [0.1, 0.15) is 11.6 Å². The number of phenolic OH excluding ortho intramolecular Hbond substituents is 1. The molecule has 4 nitrogen and oxygen atoms in total. The van der Waals surface area contributed by atoms with Gasteiger partial charge < -0.3 is 10.0 Å². The summed E-state index contributed by atoms with van der Waals surface area (Å²) >= 11 is 0. The number of benzene rings is 3. The van der Waals surface area contributed by atoms with Gasteiger partial charge in [-0.1, -0.05) is 73.3 Å². The van der Waals surface area contributed by atoms with E-state index in [0.29, 0.717) is 5.75 Å². The molecule has 0 fully saturated rings. The molecular weight excluding hydrogens is 418 g/mol. The molecule has 2 aliphatic rings. The van der Waals surface area contributed by atoms with Crippen LogP contribution < -0.4 is 0 Å². The van der Waals surface area contributed by atoms with Crippen LogP contribution in [0.15, 0.2) is 107 Å². The normalized spacial score (nSPS) is 16.6. The van der Waals surface area contributed by atoms with Crippen LogP contribution in [0.1, 0.15) is 41.6 Å². The van der Waals surface area contributed by atoms with E-state index >= 15 is 0 Å². The first-order valence-electron chi connectivity index (χ1n) is 11.9. The minimum Gasteiger partial charge on any atom is -0.508 e. The highest BCUT2D eigenvalue weighted by Crippen LogP contribution is 2.39. The molecule has 0 aliphatic carbocycles. The molecule has 3 aromatic rings. The van der Waals surface area contributed by atoms with Crippen LogP contribution >= 0.6 is 0 Å². The van der Waals surface area contributed by atoms with Gasteiger partial charge in [0.15, 0.2) is 0 Å². The van der Waals surface area contributed by atoms with E-state index < -0.39 is 0 Å². The molecule has 4 heteroatoms. The second-order valence-corrected chi connectivity index (χ2v) is 9.26. The standard InChI is InChI=1S/C30H31N3O/c1-21-16-24(18-27(34)17-21)19-32-15-14-29-28(20-32)22(2)33(23(3)31-29)30(25-10-6-4-7-11-25)26-12-8-5-9-13-26/h4-13,16-18,30,34H,2,14-15,19-20H2,1,3H3. The third-order valence-corrected chi connectivity index (χ3v) is 6.70. The van der Waals surface area contributed by atoms with Crippen LogP contribution in [0.2, 0.25) is 0 Å². The van der Waals surface area contributed by atoms with Gasteiger partial charge in [-0.3, -0.25) is 4.90 Å². The number of aromatic hydroxyl groups is 1. The summed E-state index contributed by atoms with van der Waals surface area (Å²) in [5.41, 5.74) is 8.04. The quantitative estimate of drug-likeness (QED) is 0.504. The lowest BCUT2D eigenvalue weighted by atomic mass is 9.93. The Labute approximate surface area is 202 Å². The van der Waals surface area contributed by atoms with E-state index in [-0.39, 0.29) is 6.04 Å². The molecule has 0 unspecified atom stereocenters. The summed E-state index contributed by atoms with van der Waals surface area (Å²) < 4.78 is 0. The molecule has 3 aromatic carbocycles. The average molecular weight is 450 g/mol. The van der Waals surface area contributed by atoms with Crippen molar-refractivity contribution in [2.24, 2.45) is 4.99 Å². The Hall–Kier alpha value is -3.63. The number of amidine groups is 1. The van der Waals surface area contributed by atoms with E-state index in [4.69, 9.17) is 4.99 Å². The van der Waals surface area contributed by atoms with Crippen LogP contribution in [0.3, 0.4) is 0 Å². The van der Waals surface area contributed by atoms with Gasteiger partial charge in [-0.15, -0.1) is 0 Å². The van der Waals surface area contributed by atoms with Gasteiger partial charge in [-0.2, -0.15) is 0 Å². The van der Waals surface area contributed by atoms with Crippen LogP contribution in [-0.2, 0) is 6.54 Å². The summed E-state index contributed by atoms with van der Waals surface area (Å²) in [7, 11) is 0. The summed E-state index contributed by atoms with van der Waals surface area (Å²) in [5, 5.41) is 10.0. The molecule has 0 saturated heterocycles. The van der Waals surface area contributed by atoms with Gasteiger partial charge in [0, 0.05) is 37.3 Å². The van der Waals surface area contributed by atoms with Crippen molar-refractivity contribution in [2.75, 3.05) is 13.1 Å². The van der Waals surface area contributed by atoms with Crippen LogP contribution in [0.25, 0.3) is 0 Å². The lowest BCUT2D eigenvalue weighted by molar-refractivity contribution is 0.269. The van der Waals surface area contributed by atoms with Crippen molar-refractivity contribution in [3.63, 3.8) is 0 Å². The van der Waals surface area contributed by atoms with Crippen molar-refractivity contribution in [1.29, 1.82) is 0 Å². The summed E-state index contributed by atoms with van der Waals surface area (Å²) in [6, 6.07) is 27.0. The summed E-state index contributed by atoms with van der Waals surface area (Å²) in [5.74, 6) is 1.31. The first kappa shape index (κ1) is 22.2. The zero-order valence-corrected chi connectivity index (χ0v) is 19.9. The van der Waals surface area contributed by atoms with Crippen molar-refractivity contribution in [3.8, 4) is 5.75 Å². The maximum atomic E-state index is 10.0. The van der Waals surface area contributed by atoms with Gasteiger partial charge in [-0.05, 0) is 48.2 Å². The van der Waals surface area contributed by atoms with E-state index in [0.717, 1.165) is 54.4 Å². The van der Waals surface area contributed by atoms with E-state index in [1.54, 1.807) is 6.07 Å². The number of aryl methyl sites for hydroxylation is 1. The molecule has 2 heterocycles. The Kier molecular flexibility index (Phi) is 6.08. The molecule has 5 rings (SSSR count). The third-order valence-electron chi connectivity index (χ3n) is 6.70. The summed E-state index contributed by atoms with van der Waals surface area (Å²) in [6.07, 6.45) is 0.901. The second kappa shape index (κ2) is 9.32. The van der Waals surface area contributed by atoms with Gasteiger partial charge in [-0.25, -0.2) is 4.99 Å². The first-order valence-corrected chi connectivity index (χ1v) is 11.9. The van der Waals surface area contributed by atoms with Gasteiger partial charge in [0.05, 0.1) is 11.7 Å². The molecule has 1 N–H and O–H groups in total. The van der Waals surface area contributed by atoms with Crippen LogP contribution in [0.5, 0.6) is 5.75 Å². The summed E-state index contributed by atoms with van der Waals surface area (Å²) in [6.45, 7) is 11.2. The number of nitrogens with zero attached hydrogens (tertiary/aromatic N) is 3. The van der Waals surface area contributed by atoms with Gasteiger partial charge in [0.2, 0.25) is 0 Å². The molecule has 0 spiro atoms. The second-order valence-electron chi connectivity index (χ2n) is 9.26. The van der Waals surface area contributed by atoms with Crippen LogP contribution in [0.4, 0.5) is 0 Å². The Morgan fingerprint density at radius 2 is 1.59 bits per heavy atom. The number of aliphatic imine (C=N–C) groups is 1. The minimum atomic E-state index is 0.0109. The SMILES string of the molecule is C=C1C2=C(CCN(Cc3cc(C)cc(O)c3)C2)N=C(C)N1C(c1ccccc1)c1ccccc1. The van der Waals surface area contributed by atoms with Gasteiger partial charge in [0.25, 0.3) is 0 Å². The first-order chi connectivity index (χ1) is 16.5. The lowest BCUT2D eigenvalue weighted by Crippen LogP contribution is -2.41. The summed E-state index contributed by atoms with van der Waals surface area (Å²) in [4.78, 5) is 9.79. The minimum absolute atomic E-state index is 0.0109. The monoisotopic (exact) mass is 449 g/mol. The van der Waals surface area contributed by atoms with Crippen molar-refractivity contribution in [2.45, 2.75) is 32.9 Å². The number of rotatable bonds is 5. The average Bonchev–Trinajstić information content (AvgIpc) is 2.83. The Morgan fingerprint density at radius 1 is 0.941 bits per heavy atom. The lowest BCUT2D eigenvalue weighted by Gasteiger charge is -2.42. The molecule has 0 aromatic heterocycles. The zero-order chi connectivity index (χ0) is 23.7. The molecular formula is C30H31N3O. The highest BCUT2D eigenvalue weighted by Gasteiger charge is 2.33. The Bertz CT molecular complexity index is 1200.